The minimum absolute atomic E-state index is 0.0466. The number of aromatic nitrogens is 1. The average molecular weight is 445 g/mol. The zero-order chi connectivity index (χ0) is 22.7. The van der Waals surface area contributed by atoms with Gasteiger partial charge in [-0.05, 0) is 48.7 Å². The summed E-state index contributed by atoms with van der Waals surface area (Å²) in [5, 5.41) is 4.11. The van der Waals surface area contributed by atoms with Crippen LogP contribution in [0, 0.1) is 0 Å². The molecule has 32 heavy (non-hydrogen) atoms. The second kappa shape index (κ2) is 9.24. The highest BCUT2D eigenvalue weighted by molar-refractivity contribution is 5.84. The maximum Gasteiger partial charge on any atom is 0.416 e. The number of amides is 1. The molecule has 1 fully saturated rings. The van der Waals surface area contributed by atoms with Crippen molar-refractivity contribution < 1.29 is 22.7 Å². The molecule has 1 saturated heterocycles. The zero-order valence-corrected chi connectivity index (χ0v) is 17.9. The van der Waals surface area contributed by atoms with Crippen molar-refractivity contribution in [2.24, 2.45) is 0 Å². The SMILES string of the molecule is COc1ccc2c(ccn2CC(=O)NC2CCN(Cc3cccc(C(F)(F)F)c3)CC2)c1. The zero-order valence-electron chi connectivity index (χ0n) is 17.9. The number of rotatable bonds is 6. The van der Waals surface area contributed by atoms with Gasteiger partial charge in [-0.3, -0.25) is 9.69 Å². The van der Waals surface area contributed by atoms with Crippen molar-refractivity contribution in [2.75, 3.05) is 20.2 Å². The van der Waals surface area contributed by atoms with Crippen molar-refractivity contribution in [1.82, 2.24) is 14.8 Å². The predicted molar refractivity (Wildman–Crippen MR) is 116 cm³/mol. The molecule has 3 aromatic rings. The van der Waals surface area contributed by atoms with Crippen LogP contribution in [0.2, 0.25) is 0 Å². The number of hydrogen-bond acceptors (Lipinski definition) is 3. The van der Waals surface area contributed by atoms with Gasteiger partial charge in [0.2, 0.25) is 5.91 Å². The summed E-state index contributed by atoms with van der Waals surface area (Å²) in [5.41, 5.74) is 1.00. The minimum Gasteiger partial charge on any atom is -0.497 e. The van der Waals surface area contributed by atoms with Crippen LogP contribution in [-0.2, 0) is 24.1 Å². The van der Waals surface area contributed by atoms with Crippen LogP contribution in [-0.4, -0.2) is 41.6 Å². The van der Waals surface area contributed by atoms with Crippen LogP contribution in [0.5, 0.6) is 5.75 Å². The molecule has 0 unspecified atom stereocenters. The van der Waals surface area contributed by atoms with Gasteiger partial charge in [0, 0.05) is 42.8 Å². The molecule has 1 aromatic heterocycles. The highest BCUT2D eigenvalue weighted by Crippen LogP contribution is 2.30. The minimum atomic E-state index is -4.33. The van der Waals surface area contributed by atoms with E-state index in [1.807, 2.05) is 35.0 Å². The van der Waals surface area contributed by atoms with Crippen LogP contribution in [0.25, 0.3) is 10.9 Å². The van der Waals surface area contributed by atoms with E-state index in [0.717, 1.165) is 48.6 Å². The summed E-state index contributed by atoms with van der Waals surface area (Å²) in [4.78, 5) is 14.7. The van der Waals surface area contributed by atoms with E-state index in [2.05, 4.69) is 10.2 Å². The summed E-state index contributed by atoms with van der Waals surface area (Å²) in [7, 11) is 1.62. The van der Waals surface area contributed by atoms with Gasteiger partial charge >= 0.3 is 6.18 Å². The average Bonchev–Trinajstić information content (AvgIpc) is 3.16. The van der Waals surface area contributed by atoms with E-state index in [1.165, 1.54) is 12.1 Å². The van der Waals surface area contributed by atoms with Gasteiger partial charge in [0.05, 0.1) is 12.7 Å². The highest BCUT2D eigenvalue weighted by atomic mass is 19.4. The van der Waals surface area contributed by atoms with E-state index < -0.39 is 11.7 Å². The highest BCUT2D eigenvalue weighted by Gasteiger charge is 2.30. The molecule has 0 spiro atoms. The molecule has 2 heterocycles. The van der Waals surface area contributed by atoms with Gasteiger partial charge in [0.15, 0.2) is 0 Å². The summed E-state index contributed by atoms with van der Waals surface area (Å²) in [6, 6.07) is 13.3. The van der Waals surface area contributed by atoms with Gasteiger partial charge in [-0.2, -0.15) is 13.2 Å². The van der Waals surface area contributed by atoms with Crippen LogP contribution in [0.15, 0.2) is 54.7 Å². The first kappa shape index (κ1) is 22.2. The van der Waals surface area contributed by atoms with Crippen molar-refractivity contribution in [3.05, 3.63) is 65.9 Å². The van der Waals surface area contributed by atoms with Gasteiger partial charge < -0.3 is 14.6 Å². The third-order valence-electron chi connectivity index (χ3n) is 5.91. The van der Waals surface area contributed by atoms with E-state index >= 15 is 0 Å². The van der Waals surface area contributed by atoms with Crippen molar-refractivity contribution in [1.29, 1.82) is 0 Å². The fourth-order valence-electron chi connectivity index (χ4n) is 4.21. The third kappa shape index (κ3) is 5.24. The number of likely N-dealkylation sites (tertiary alicyclic amines) is 1. The first-order chi connectivity index (χ1) is 15.3. The molecule has 170 valence electrons. The molecule has 1 aliphatic rings. The Balaban J connectivity index is 1.27. The number of alkyl halides is 3. The molecular formula is C24H26F3N3O2. The van der Waals surface area contributed by atoms with Crippen molar-refractivity contribution in [3.8, 4) is 5.75 Å². The molecule has 2 aromatic carbocycles. The summed E-state index contributed by atoms with van der Waals surface area (Å²) in [6.07, 6.45) is -0.894. The van der Waals surface area contributed by atoms with Gasteiger partial charge in [-0.15, -0.1) is 0 Å². The molecular weight excluding hydrogens is 419 g/mol. The molecule has 0 bridgehead atoms. The topological polar surface area (TPSA) is 46.5 Å². The van der Waals surface area contributed by atoms with Gasteiger partial charge in [0.25, 0.3) is 0 Å². The smallest absolute Gasteiger partial charge is 0.416 e. The van der Waals surface area contributed by atoms with E-state index in [0.29, 0.717) is 12.1 Å². The lowest BCUT2D eigenvalue weighted by Crippen LogP contribution is -2.45. The Morgan fingerprint density at radius 2 is 1.91 bits per heavy atom. The molecule has 5 nitrogen and oxygen atoms in total. The summed E-state index contributed by atoms with van der Waals surface area (Å²) in [5.74, 6) is 0.728. The maximum atomic E-state index is 12.9. The van der Waals surface area contributed by atoms with Crippen molar-refractivity contribution in [2.45, 2.75) is 38.1 Å². The van der Waals surface area contributed by atoms with E-state index in [9.17, 15) is 18.0 Å². The number of halogens is 3. The number of hydrogen-bond donors (Lipinski definition) is 1. The number of fused-ring (bicyclic) bond motifs is 1. The predicted octanol–water partition coefficient (Wildman–Crippen LogP) is 4.45. The Kier molecular flexibility index (Phi) is 6.41. The lowest BCUT2D eigenvalue weighted by atomic mass is 10.0. The Hall–Kier alpha value is -3.00. The lowest BCUT2D eigenvalue weighted by molar-refractivity contribution is -0.137. The van der Waals surface area contributed by atoms with Crippen LogP contribution < -0.4 is 10.1 Å². The number of ether oxygens (including phenoxy) is 1. The number of carbonyl (C=O) groups excluding carboxylic acids is 1. The fraction of sp³-hybridized carbons (Fsp3) is 0.375. The van der Waals surface area contributed by atoms with E-state index in [-0.39, 0.29) is 18.5 Å². The Bertz CT molecular complexity index is 1090. The second-order valence-electron chi connectivity index (χ2n) is 8.18. The second-order valence-corrected chi connectivity index (χ2v) is 8.18. The normalized spacial score (nSPS) is 15.8. The summed E-state index contributed by atoms with van der Waals surface area (Å²) in [6.45, 7) is 2.17. The fourth-order valence-corrected chi connectivity index (χ4v) is 4.21. The van der Waals surface area contributed by atoms with Crippen LogP contribution in [0.3, 0.4) is 0 Å². The number of methoxy groups -OCH3 is 1. The molecule has 1 aliphatic heterocycles. The van der Waals surface area contributed by atoms with Crippen LogP contribution in [0.4, 0.5) is 13.2 Å². The third-order valence-corrected chi connectivity index (χ3v) is 5.91. The quantitative estimate of drug-likeness (QED) is 0.610. The first-order valence-corrected chi connectivity index (χ1v) is 10.6. The van der Waals surface area contributed by atoms with Crippen LogP contribution in [0.1, 0.15) is 24.0 Å². The molecule has 0 aliphatic carbocycles. The Labute approximate surface area is 184 Å². The van der Waals surface area contributed by atoms with E-state index in [1.54, 1.807) is 13.2 Å². The number of nitrogens with one attached hydrogen (secondary N) is 1. The monoisotopic (exact) mass is 445 g/mol. The molecule has 1 N–H and O–H groups in total. The Morgan fingerprint density at radius 1 is 1.12 bits per heavy atom. The van der Waals surface area contributed by atoms with Crippen molar-refractivity contribution in [3.63, 3.8) is 0 Å². The molecule has 8 heteroatoms. The standard InChI is InChI=1S/C24H26F3N3O2/c1-32-21-5-6-22-18(14-21)7-12-30(22)16-23(31)28-20-8-10-29(11-9-20)15-17-3-2-4-19(13-17)24(25,26)27/h2-7,12-14,20H,8-11,15-16H2,1H3,(H,28,31). The van der Waals surface area contributed by atoms with Gasteiger partial charge in [-0.1, -0.05) is 18.2 Å². The molecule has 1 amide bonds. The lowest BCUT2D eigenvalue weighted by Gasteiger charge is -2.32. The number of nitrogens with zero attached hydrogens (tertiary/aromatic N) is 2. The molecule has 0 radical (unpaired) electrons. The molecule has 0 atom stereocenters. The Morgan fingerprint density at radius 3 is 2.62 bits per heavy atom. The summed E-state index contributed by atoms with van der Waals surface area (Å²) >= 11 is 0. The molecule has 4 rings (SSSR count). The largest absolute Gasteiger partial charge is 0.497 e. The molecule has 0 saturated carbocycles. The first-order valence-electron chi connectivity index (χ1n) is 10.6. The maximum absolute atomic E-state index is 12.9. The van der Waals surface area contributed by atoms with Gasteiger partial charge in [-0.25, -0.2) is 0 Å². The number of piperidine rings is 1. The number of benzene rings is 2. The van der Waals surface area contributed by atoms with Crippen molar-refractivity contribution >= 4 is 16.8 Å². The number of carbonyl (C=O) groups is 1. The van der Waals surface area contributed by atoms with Crippen LogP contribution >= 0.6 is 0 Å². The van der Waals surface area contributed by atoms with E-state index in [4.69, 9.17) is 4.74 Å². The van der Waals surface area contributed by atoms with Gasteiger partial charge in [0.1, 0.15) is 12.3 Å². The summed E-state index contributed by atoms with van der Waals surface area (Å²) < 4.78 is 45.9.